The summed E-state index contributed by atoms with van der Waals surface area (Å²) < 4.78 is 6.60. The Kier molecular flexibility index (Phi) is 3.50. The number of halogens is 1. The van der Waals surface area contributed by atoms with Crippen molar-refractivity contribution < 1.29 is 4.74 Å². The van der Waals surface area contributed by atoms with Crippen LogP contribution in [-0.2, 0) is 6.54 Å². The molecule has 1 N–H and O–H groups in total. The van der Waals surface area contributed by atoms with E-state index in [9.17, 15) is 0 Å². The zero-order valence-electron chi connectivity index (χ0n) is 12.9. The van der Waals surface area contributed by atoms with Gasteiger partial charge in [-0.1, -0.05) is 31.2 Å². The maximum atomic E-state index is 5.55. The molecule has 22 heavy (non-hydrogen) atoms. The van der Waals surface area contributed by atoms with Crippen molar-refractivity contribution in [2.24, 2.45) is 0 Å². The standard InChI is InChI=1S/C19H20BrNO/c1-11-7-17-19(13-6-4-3-5-12(13)10-21-17)15-9-18(22-2)16(20)8-14(11)15/h3-6,8-9,11,17,19,21H,7,10H2,1-2H3. The second kappa shape index (κ2) is 5.39. The van der Waals surface area contributed by atoms with Gasteiger partial charge >= 0.3 is 0 Å². The fourth-order valence-corrected chi connectivity index (χ4v) is 4.65. The van der Waals surface area contributed by atoms with Gasteiger partial charge in [0, 0.05) is 18.5 Å². The van der Waals surface area contributed by atoms with E-state index in [0.717, 1.165) is 16.8 Å². The molecule has 0 fully saturated rings. The Morgan fingerprint density at radius 1 is 1.14 bits per heavy atom. The van der Waals surface area contributed by atoms with Crippen LogP contribution in [0.25, 0.3) is 0 Å². The molecule has 2 aliphatic rings. The normalized spacial score (nSPS) is 25.9. The molecule has 3 heteroatoms. The molecule has 4 rings (SSSR count). The predicted molar refractivity (Wildman–Crippen MR) is 92.6 cm³/mol. The van der Waals surface area contributed by atoms with Crippen LogP contribution >= 0.6 is 15.9 Å². The van der Waals surface area contributed by atoms with Crippen LogP contribution in [0.2, 0.25) is 0 Å². The summed E-state index contributed by atoms with van der Waals surface area (Å²) in [5, 5.41) is 3.75. The number of rotatable bonds is 1. The zero-order chi connectivity index (χ0) is 15.3. The van der Waals surface area contributed by atoms with E-state index >= 15 is 0 Å². The summed E-state index contributed by atoms with van der Waals surface area (Å²) in [4.78, 5) is 0. The van der Waals surface area contributed by atoms with Crippen molar-refractivity contribution in [3.63, 3.8) is 0 Å². The van der Waals surface area contributed by atoms with E-state index in [1.54, 1.807) is 7.11 Å². The molecule has 3 unspecified atom stereocenters. The first-order chi connectivity index (χ1) is 10.7. The lowest BCUT2D eigenvalue weighted by Gasteiger charge is -2.42. The Balaban J connectivity index is 1.93. The highest BCUT2D eigenvalue weighted by Crippen LogP contribution is 2.47. The van der Waals surface area contributed by atoms with Gasteiger partial charge in [-0.25, -0.2) is 0 Å². The van der Waals surface area contributed by atoms with Crippen molar-refractivity contribution in [3.05, 3.63) is 63.1 Å². The SMILES string of the molecule is COc1cc2c(cc1Br)C(C)CC1NCc3ccccc3C21. The van der Waals surface area contributed by atoms with Crippen molar-refractivity contribution in [1.29, 1.82) is 0 Å². The van der Waals surface area contributed by atoms with E-state index in [2.05, 4.69) is 64.6 Å². The van der Waals surface area contributed by atoms with Crippen LogP contribution in [0.3, 0.4) is 0 Å². The highest BCUT2D eigenvalue weighted by molar-refractivity contribution is 9.10. The molecule has 0 bridgehead atoms. The quantitative estimate of drug-likeness (QED) is 0.806. The lowest BCUT2D eigenvalue weighted by atomic mass is 9.69. The number of ether oxygens (including phenoxy) is 1. The molecular weight excluding hydrogens is 338 g/mol. The molecule has 0 radical (unpaired) electrons. The van der Waals surface area contributed by atoms with Crippen LogP contribution in [0.15, 0.2) is 40.9 Å². The molecule has 1 aliphatic heterocycles. The number of hydrogen-bond donors (Lipinski definition) is 1. The summed E-state index contributed by atoms with van der Waals surface area (Å²) in [6.07, 6.45) is 1.19. The highest BCUT2D eigenvalue weighted by atomic mass is 79.9. The Labute approximate surface area is 140 Å². The van der Waals surface area contributed by atoms with Crippen LogP contribution in [0.5, 0.6) is 5.75 Å². The number of nitrogens with one attached hydrogen (secondary N) is 1. The van der Waals surface area contributed by atoms with Crippen molar-refractivity contribution in [3.8, 4) is 5.75 Å². The topological polar surface area (TPSA) is 21.3 Å². The van der Waals surface area contributed by atoms with Gasteiger partial charge in [0.15, 0.2) is 0 Å². The van der Waals surface area contributed by atoms with Crippen LogP contribution in [0, 0.1) is 0 Å². The lowest BCUT2D eigenvalue weighted by molar-refractivity contribution is 0.363. The van der Waals surface area contributed by atoms with Crippen LogP contribution in [0.4, 0.5) is 0 Å². The Bertz CT molecular complexity index is 727. The van der Waals surface area contributed by atoms with Gasteiger partial charge < -0.3 is 10.1 Å². The fourth-order valence-electron chi connectivity index (χ4n) is 4.12. The molecule has 0 saturated heterocycles. The summed E-state index contributed by atoms with van der Waals surface area (Å²) in [5.41, 5.74) is 5.77. The molecule has 114 valence electrons. The number of hydrogen-bond acceptors (Lipinski definition) is 2. The van der Waals surface area contributed by atoms with Gasteiger partial charge in [0.1, 0.15) is 5.75 Å². The Morgan fingerprint density at radius 2 is 1.95 bits per heavy atom. The molecule has 0 amide bonds. The van der Waals surface area contributed by atoms with Crippen molar-refractivity contribution in [2.45, 2.75) is 37.8 Å². The molecule has 0 aromatic heterocycles. The maximum absolute atomic E-state index is 5.55. The molecule has 3 atom stereocenters. The van der Waals surface area contributed by atoms with Gasteiger partial charge in [0.25, 0.3) is 0 Å². The first-order valence-electron chi connectivity index (χ1n) is 7.87. The van der Waals surface area contributed by atoms with Gasteiger partial charge in [-0.2, -0.15) is 0 Å². The first kappa shape index (κ1) is 14.3. The van der Waals surface area contributed by atoms with Crippen molar-refractivity contribution in [1.82, 2.24) is 5.32 Å². The fraction of sp³-hybridized carbons (Fsp3) is 0.368. The Morgan fingerprint density at radius 3 is 2.77 bits per heavy atom. The average Bonchev–Trinajstić information content (AvgIpc) is 2.54. The molecule has 2 aromatic rings. The van der Waals surface area contributed by atoms with Crippen molar-refractivity contribution >= 4 is 15.9 Å². The van der Waals surface area contributed by atoms with E-state index < -0.39 is 0 Å². The molecule has 2 nitrogen and oxygen atoms in total. The third-order valence-corrected chi connectivity index (χ3v) is 5.80. The van der Waals surface area contributed by atoms with Gasteiger partial charge in [0.2, 0.25) is 0 Å². The monoisotopic (exact) mass is 357 g/mol. The number of fused-ring (bicyclic) bond motifs is 5. The second-order valence-corrected chi connectivity index (χ2v) is 7.27. The summed E-state index contributed by atoms with van der Waals surface area (Å²) in [6.45, 7) is 3.31. The van der Waals surface area contributed by atoms with Crippen LogP contribution in [-0.4, -0.2) is 13.2 Å². The van der Waals surface area contributed by atoms with Gasteiger partial charge in [-0.05, 0) is 62.7 Å². The molecule has 1 aliphatic carbocycles. The second-order valence-electron chi connectivity index (χ2n) is 6.42. The zero-order valence-corrected chi connectivity index (χ0v) is 14.5. The lowest BCUT2D eigenvalue weighted by Crippen LogP contribution is -2.43. The van der Waals surface area contributed by atoms with E-state index in [4.69, 9.17) is 4.74 Å². The summed E-state index contributed by atoms with van der Waals surface area (Å²) in [7, 11) is 1.74. The summed E-state index contributed by atoms with van der Waals surface area (Å²) in [5.74, 6) is 1.92. The third-order valence-electron chi connectivity index (χ3n) is 5.18. The number of benzene rings is 2. The first-order valence-corrected chi connectivity index (χ1v) is 8.67. The highest BCUT2D eigenvalue weighted by Gasteiger charge is 2.37. The minimum absolute atomic E-state index is 0.429. The van der Waals surface area contributed by atoms with E-state index in [-0.39, 0.29) is 0 Å². The predicted octanol–water partition coefficient (Wildman–Crippen LogP) is 4.57. The van der Waals surface area contributed by atoms with Gasteiger partial charge in [-0.15, -0.1) is 0 Å². The number of methoxy groups -OCH3 is 1. The molecule has 0 spiro atoms. The van der Waals surface area contributed by atoms with Gasteiger partial charge in [0.05, 0.1) is 11.6 Å². The van der Waals surface area contributed by atoms with E-state index in [0.29, 0.717) is 17.9 Å². The molecular formula is C19H20BrNO. The van der Waals surface area contributed by atoms with Crippen LogP contribution < -0.4 is 10.1 Å². The molecule has 2 aromatic carbocycles. The maximum Gasteiger partial charge on any atom is 0.133 e. The summed E-state index contributed by atoms with van der Waals surface area (Å²) in [6, 6.07) is 13.8. The van der Waals surface area contributed by atoms with Crippen LogP contribution in [0.1, 0.15) is 47.4 Å². The molecule has 0 saturated carbocycles. The minimum atomic E-state index is 0.429. The van der Waals surface area contributed by atoms with Gasteiger partial charge in [-0.3, -0.25) is 0 Å². The Hall–Kier alpha value is -1.32. The smallest absolute Gasteiger partial charge is 0.133 e. The van der Waals surface area contributed by atoms with Crippen molar-refractivity contribution in [2.75, 3.05) is 7.11 Å². The largest absolute Gasteiger partial charge is 0.496 e. The molecule has 1 heterocycles. The van der Waals surface area contributed by atoms with E-state index in [1.807, 2.05) is 0 Å². The summed E-state index contributed by atoms with van der Waals surface area (Å²) >= 11 is 3.64. The minimum Gasteiger partial charge on any atom is -0.496 e. The van der Waals surface area contributed by atoms with E-state index in [1.165, 1.54) is 28.7 Å². The average molecular weight is 358 g/mol. The third kappa shape index (κ3) is 2.10.